The van der Waals surface area contributed by atoms with Crippen LogP contribution in [0.4, 0.5) is 4.79 Å². The Morgan fingerprint density at radius 1 is 1.47 bits per heavy atom. The molecule has 0 saturated carbocycles. The number of nitrogens with one attached hydrogen (secondary N) is 1. The topological polar surface area (TPSA) is 67.5 Å². The van der Waals surface area contributed by atoms with E-state index in [0.29, 0.717) is 0 Å². The Balaban J connectivity index is 2.87. The molecule has 6 heteroatoms. The van der Waals surface area contributed by atoms with Crippen LogP contribution in [-0.2, 0) is 0 Å². The van der Waals surface area contributed by atoms with E-state index in [9.17, 15) is 4.79 Å². The monoisotopic (exact) mass is 333 g/mol. The number of primary amides is 1. The molecule has 3 N–H and O–H groups in total. The Labute approximate surface area is 104 Å². The van der Waals surface area contributed by atoms with E-state index in [1.807, 2.05) is 19.1 Å². The Morgan fingerprint density at radius 3 is 2.47 bits per heavy atom. The van der Waals surface area contributed by atoms with E-state index in [1.165, 1.54) is 6.21 Å². The largest absolute Gasteiger partial charge is 0.350 e. The van der Waals surface area contributed by atoms with Crippen LogP contribution in [0.25, 0.3) is 0 Å². The second kappa shape index (κ2) is 5.27. The van der Waals surface area contributed by atoms with Crippen LogP contribution in [0, 0.1) is 6.92 Å². The standard InChI is InChI=1S/C9H9Br2N3O/c1-5-7(10)2-6(3-8(5)11)4-13-14-9(12)15/h2-4H,1H3,(H3,12,14,15). The van der Waals surface area contributed by atoms with Gasteiger partial charge in [-0.1, -0.05) is 31.9 Å². The van der Waals surface area contributed by atoms with E-state index in [-0.39, 0.29) is 0 Å². The number of nitrogens with zero attached hydrogens (tertiary/aromatic N) is 1. The summed E-state index contributed by atoms with van der Waals surface area (Å²) in [5.74, 6) is 0. The van der Waals surface area contributed by atoms with Crippen molar-refractivity contribution < 1.29 is 4.79 Å². The minimum absolute atomic E-state index is 0.684. The third-order valence-electron chi connectivity index (χ3n) is 1.69. The van der Waals surface area contributed by atoms with E-state index in [0.717, 1.165) is 20.1 Å². The van der Waals surface area contributed by atoms with Crippen LogP contribution in [0.3, 0.4) is 0 Å². The third-order valence-corrected chi connectivity index (χ3v) is 3.34. The minimum Gasteiger partial charge on any atom is -0.350 e. The van der Waals surface area contributed by atoms with E-state index in [2.05, 4.69) is 42.4 Å². The van der Waals surface area contributed by atoms with E-state index >= 15 is 0 Å². The third kappa shape index (κ3) is 3.64. The summed E-state index contributed by atoms with van der Waals surface area (Å²) >= 11 is 6.83. The van der Waals surface area contributed by atoms with Crippen LogP contribution in [-0.4, -0.2) is 12.2 Å². The lowest BCUT2D eigenvalue weighted by Gasteiger charge is -2.02. The SMILES string of the molecule is Cc1c(Br)cc(C=NNC(N)=O)cc1Br. The molecule has 0 aromatic heterocycles. The van der Waals surface area contributed by atoms with Crippen LogP contribution in [0.2, 0.25) is 0 Å². The number of hydrogen-bond donors (Lipinski definition) is 2. The minimum atomic E-state index is -0.684. The van der Waals surface area contributed by atoms with Gasteiger partial charge >= 0.3 is 6.03 Å². The normalized spacial score (nSPS) is 10.6. The van der Waals surface area contributed by atoms with Crippen LogP contribution >= 0.6 is 31.9 Å². The number of carbonyl (C=O) groups excluding carboxylic acids is 1. The highest BCUT2D eigenvalue weighted by Gasteiger charge is 2.01. The van der Waals surface area contributed by atoms with Gasteiger partial charge in [-0.05, 0) is 30.2 Å². The molecule has 0 spiro atoms. The highest BCUT2D eigenvalue weighted by atomic mass is 79.9. The maximum atomic E-state index is 10.4. The summed E-state index contributed by atoms with van der Waals surface area (Å²) in [5, 5.41) is 3.66. The van der Waals surface area contributed by atoms with Crippen molar-refractivity contribution in [3.05, 3.63) is 32.2 Å². The average Bonchev–Trinajstić information content (AvgIpc) is 2.13. The molecule has 0 unspecified atom stereocenters. The molecule has 0 fully saturated rings. The fourth-order valence-electron chi connectivity index (χ4n) is 0.910. The first-order chi connectivity index (χ1) is 7.00. The molecule has 1 aromatic rings. The summed E-state index contributed by atoms with van der Waals surface area (Å²) in [5.41, 5.74) is 8.94. The van der Waals surface area contributed by atoms with E-state index < -0.39 is 6.03 Å². The number of nitrogens with two attached hydrogens (primary N) is 1. The van der Waals surface area contributed by atoms with Crippen molar-refractivity contribution in [3.8, 4) is 0 Å². The second-order valence-corrected chi connectivity index (χ2v) is 4.55. The molecule has 1 aromatic carbocycles. The zero-order valence-corrected chi connectivity index (χ0v) is 11.1. The average molecular weight is 335 g/mol. The Bertz CT molecular complexity index is 395. The number of benzene rings is 1. The lowest BCUT2D eigenvalue weighted by Crippen LogP contribution is -2.24. The fourth-order valence-corrected chi connectivity index (χ4v) is 2.13. The molecule has 80 valence electrons. The van der Waals surface area contributed by atoms with Gasteiger partial charge in [-0.15, -0.1) is 0 Å². The summed E-state index contributed by atoms with van der Waals surface area (Å²) in [6.07, 6.45) is 1.51. The number of hydrazone groups is 1. The first-order valence-electron chi connectivity index (χ1n) is 4.05. The molecule has 0 radical (unpaired) electrons. The Hall–Kier alpha value is -0.880. The number of urea groups is 1. The van der Waals surface area contributed by atoms with Crippen LogP contribution in [0.15, 0.2) is 26.2 Å². The molecule has 0 atom stereocenters. The van der Waals surface area contributed by atoms with Gasteiger partial charge in [0, 0.05) is 8.95 Å². The second-order valence-electron chi connectivity index (χ2n) is 2.84. The van der Waals surface area contributed by atoms with E-state index in [4.69, 9.17) is 5.73 Å². The molecule has 4 nitrogen and oxygen atoms in total. The fraction of sp³-hybridized carbons (Fsp3) is 0.111. The number of hydrogen-bond acceptors (Lipinski definition) is 2. The van der Waals surface area contributed by atoms with E-state index in [1.54, 1.807) is 0 Å². The predicted octanol–water partition coefficient (Wildman–Crippen LogP) is 2.52. The highest BCUT2D eigenvalue weighted by Crippen LogP contribution is 2.25. The Morgan fingerprint density at radius 2 is 2.00 bits per heavy atom. The smallest absolute Gasteiger partial charge is 0.332 e. The highest BCUT2D eigenvalue weighted by molar-refractivity contribution is 9.11. The summed E-state index contributed by atoms with van der Waals surface area (Å²) < 4.78 is 1.94. The quantitative estimate of drug-likeness (QED) is 0.633. The zero-order valence-electron chi connectivity index (χ0n) is 7.92. The number of carbonyl (C=O) groups is 1. The van der Waals surface area contributed by atoms with Gasteiger partial charge in [0.1, 0.15) is 0 Å². The number of halogens is 2. The van der Waals surface area contributed by atoms with Crippen LogP contribution < -0.4 is 11.2 Å². The van der Waals surface area contributed by atoms with Crippen molar-refractivity contribution in [3.63, 3.8) is 0 Å². The van der Waals surface area contributed by atoms with Crippen molar-refractivity contribution in [2.75, 3.05) is 0 Å². The van der Waals surface area contributed by atoms with Crippen LogP contribution in [0.5, 0.6) is 0 Å². The van der Waals surface area contributed by atoms with Gasteiger partial charge in [-0.2, -0.15) is 5.10 Å². The molecule has 0 heterocycles. The van der Waals surface area contributed by atoms with Gasteiger partial charge in [0.05, 0.1) is 6.21 Å². The zero-order chi connectivity index (χ0) is 11.4. The first kappa shape index (κ1) is 12.2. The molecule has 15 heavy (non-hydrogen) atoms. The van der Waals surface area contributed by atoms with Gasteiger partial charge in [0.2, 0.25) is 0 Å². The maximum absolute atomic E-state index is 10.4. The first-order valence-corrected chi connectivity index (χ1v) is 5.63. The van der Waals surface area contributed by atoms with Crippen molar-refractivity contribution in [2.24, 2.45) is 10.8 Å². The maximum Gasteiger partial charge on any atom is 0.332 e. The van der Waals surface area contributed by atoms with Crippen molar-refractivity contribution in [1.82, 2.24) is 5.43 Å². The molecule has 1 rings (SSSR count). The molecular formula is C9H9Br2N3O. The van der Waals surface area contributed by atoms with Crippen molar-refractivity contribution >= 4 is 44.1 Å². The number of rotatable bonds is 2. The molecular weight excluding hydrogens is 326 g/mol. The van der Waals surface area contributed by atoms with Crippen molar-refractivity contribution in [2.45, 2.75) is 6.92 Å². The lowest BCUT2D eigenvalue weighted by molar-refractivity contribution is 0.249. The Kier molecular flexibility index (Phi) is 4.28. The summed E-state index contributed by atoms with van der Waals surface area (Å²) in [4.78, 5) is 10.4. The molecule has 0 saturated heterocycles. The molecule has 0 aliphatic heterocycles. The van der Waals surface area contributed by atoms with Gasteiger partial charge in [-0.25, -0.2) is 10.2 Å². The van der Waals surface area contributed by atoms with Gasteiger partial charge in [-0.3, -0.25) is 0 Å². The molecule has 0 bridgehead atoms. The van der Waals surface area contributed by atoms with Gasteiger partial charge in [0.15, 0.2) is 0 Å². The van der Waals surface area contributed by atoms with Crippen LogP contribution in [0.1, 0.15) is 11.1 Å². The molecule has 0 aliphatic carbocycles. The molecule has 2 amide bonds. The van der Waals surface area contributed by atoms with Gasteiger partial charge < -0.3 is 5.73 Å². The summed E-state index contributed by atoms with van der Waals surface area (Å²) in [6, 6.07) is 3.11. The molecule has 0 aliphatic rings. The van der Waals surface area contributed by atoms with Gasteiger partial charge in [0.25, 0.3) is 0 Å². The predicted molar refractivity (Wildman–Crippen MR) is 66.9 cm³/mol. The lowest BCUT2D eigenvalue weighted by atomic mass is 10.2. The summed E-state index contributed by atoms with van der Waals surface area (Å²) in [7, 11) is 0. The summed E-state index contributed by atoms with van der Waals surface area (Å²) in [6.45, 7) is 1.98. The van der Waals surface area contributed by atoms with Crippen molar-refractivity contribution in [1.29, 1.82) is 0 Å². The number of amides is 2.